The number of nitrogens with one attached hydrogen (secondary N) is 2. The Balaban J connectivity index is 1.25. The van der Waals surface area contributed by atoms with Crippen molar-refractivity contribution in [1.82, 2.24) is 4.98 Å². The first kappa shape index (κ1) is 27.8. The summed E-state index contributed by atoms with van der Waals surface area (Å²) >= 11 is 0. The zero-order valence-corrected chi connectivity index (χ0v) is 24.3. The molecule has 6 nitrogen and oxygen atoms in total. The number of anilines is 2. The first-order valence-corrected chi connectivity index (χ1v) is 13.7. The molecule has 2 N–H and O–H groups in total. The molecule has 0 unspecified atom stereocenters. The van der Waals surface area contributed by atoms with Gasteiger partial charge in [-0.1, -0.05) is 65.8 Å². The summed E-state index contributed by atoms with van der Waals surface area (Å²) in [5, 5.41) is 5.89. The van der Waals surface area contributed by atoms with Gasteiger partial charge in [0.1, 0.15) is 5.52 Å². The Kier molecular flexibility index (Phi) is 7.26. The number of carbonyl (C=O) groups is 2. The van der Waals surface area contributed by atoms with E-state index >= 15 is 0 Å². The molecule has 0 bridgehead atoms. The van der Waals surface area contributed by atoms with Gasteiger partial charge in [-0.05, 0) is 88.7 Å². The van der Waals surface area contributed by atoms with Gasteiger partial charge in [0.05, 0.1) is 0 Å². The average Bonchev–Trinajstić information content (AvgIpc) is 3.36. The Bertz CT molecular complexity index is 1700. The number of fused-ring (bicyclic) bond motifs is 1. The Hall–Kier alpha value is -4.71. The summed E-state index contributed by atoms with van der Waals surface area (Å²) in [4.78, 5) is 30.2. The molecule has 0 atom stereocenters. The highest BCUT2D eigenvalue weighted by molar-refractivity contribution is 6.05. The maximum Gasteiger partial charge on any atom is 0.255 e. The second kappa shape index (κ2) is 10.7. The van der Waals surface area contributed by atoms with E-state index in [9.17, 15) is 9.59 Å². The number of oxazole rings is 1. The number of hydrogen-bond acceptors (Lipinski definition) is 4. The molecular weight excluding hydrogens is 510 g/mol. The van der Waals surface area contributed by atoms with Gasteiger partial charge in [-0.25, -0.2) is 4.98 Å². The lowest BCUT2D eigenvalue weighted by molar-refractivity contribution is 0.101. The minimum atomic E-state index is -0.184. The van der Waals surface area contributed by atoms with Gasteiger partial charge in [-0.15, -0.1) is 0 Å². The smallest absolute Gasteiger partial charge is 0.255 e. The van der Waals surface area contributed by atoms with Crippen LogP contribution in [0.4, 0.5) is 11.4 Å². The molecule has 0 aliphatic carbocycles. The first-order chi connectivity index (χ1) is 19.4. The van der Waals surface area contributed by atoms with E-state index in [1.165, 1.54) is 11.1 Å². The van der Waals surface area contributed by atoms with Gasteiger partial charge in [0.15, 0.2) is 5.58 Å². The third kappa shape index (κ3) is 6.38. The largest absolute Gasteiger partial charge is 0.436 e. The van der Waals surface area contributed by atoms with E-state index in [0.29, 0.717) is 39.5 Å². The molecule has 5 aromatic rings. The van der Waals surface area contributed by atoms with Gasteiger partial charge >= 0.3 is 0 Å². The summed E-state index contributed by atoms with van der Waals surface area (Å²) < 4.78 is 5.96. The van der Waals surface area contributed by atoms with Gasteiger partial charge in [-0.2, -0.15) is 0 Å². The summed E-state index contributed by atoms with van der Waals surface area (Å²) in [6.45, 7) is 12.9. The lowest BCUT2D eigenvalue weighted by atomic mass is 9.86. The van der Waals surface area contributed by atoms with Gasteiger partial charge in [0, 0.05) is 28.1 Å². The van der Waals surface area contributed by atoms with Crippen LogP contribution in [0, 0.1) is 0 Å². The van der Waals surface area contributed by atoms with E-state index in [0.717, 1.165) is 5.56 Å². The summed E-state index contributed by atoms with van der Waals surface area (Å²) in [5.41, 5.74) is 6.94. The molecule has 0 saturated carbocycles. The highest BCUT2D eigenvalue weighted by Crippen LogP contribution is 2.28. The van der Waals surface area contributed by atoms with Crippen LogP contribution in [0.3, 0.4) is 0 Å². The first-order valence-electron chi connectivity index (χ1n) is 13.7. The number of rotatable bonds is 5. The molecule has 6 heteroatoms. The SMILES string of the molecule is CC(C)(C)c1ccc(C(=O)Nc2ccc(-c3nc4cc(NC(=O)c5ccc(C(C)(C)C)cc5)ccc4o3)cc2)cc1. The minimum absolute atomic E-state index is 0.0257. The molecule has 5 rings (SSSR count). The summed E-state index contributed by atoms with van der Waals surface area (Å²) in [6, 6.07) is 28.1. The fourth-order valence-corrected chi connectivity index (χ4v) is 4.47. The van der Waals surface area contributed by atoms with E-state index in [1.54, 1.807) is 18.2 Å². The Morgan fingerprint density at radius 1 is 0.610 bits per heavy atom. The molecule has 1 heterocycles. The number of carbonyl (C=O) groups excluding carboxylic acids is 2. The molecule has 208 valence electrons. The van der Waals surface area contributed by atoms with Crippen LogP contribution in [0.5, 0.6) is 0 Å². The fraction of sp³-hybridized carbons (Fsp3) is 0.229. The monoisotopic (exact) mass is 545 g/mol. The van der Waals surface area contributed by atoms with Crippen LogP contribution >= 0.6 is 0 Å². The van der Waals surface area contributed by atoms with Crippen molar-refractivity contribution in [2.45, 2.75) is 52.4 Å². The number of benzene rings is 4. The number of hydrogen-bond donors (Lipinski definition) is 2. The Morgan fingerprint density at radius 3 is 1.56 bits per heavy atom. The Morgan fingerprint density at radius 2 is 1.07 bits per heavy atom. The van der Waals surface area contributed by atoms with Gasteiger partial charge in [0.2, 0.25) is 5.89 Å². The van der Waals surface area contributed by atoms with Crippen LogP contribution in [0.2, 0.25) is 0 Å². The molecule has 0 saturated heterocycles. The number of aromatic nitrogens is 1. The number of nitrogens with zero attached hydrogens (tertiary/aromatic N) is 1. The minimum Gasteiger partial charge on any atom is -0.436 e. The van der Waals surface area contributed by atoms with Crippen LogP contribution < -0.4 is 10.6 Å². The molecular formula is C35H35N3O3. The summed E-state index contributed by atoms with van der Waals surface area (Å²) in [6.07, 6.45) is 0. The highest BCUT2D eigenvalue weighted by Gasteiger charge is 2.16. The van der Waals surface area contributed by atoms with E-state index in [-0.39, 0.29) is 22.6 Å². The van der Waals surface area contributed by atoms with Crippen molar-refractivity contribution < 1.29 is 14.0 Å². The van der Waals surface area contributed by atoms with Crippen LogP contribution in [-0.2, 0) is 10.8 Å². The second-order valence-corrected chi connectivity index (χ2v) is 12.3. The zero-order valence-electron chi connectivity index (χ0n) is 24.3. The van der Waals surface area contributed by atoms with Crippen LogP contribution in [0.15, 0.2) is 95.4 Å². The standard InChI is InChI=1S/C35H35N3O3/c1-34(2,3)25-13-7-22(8-14-25)31(39)36-27-17-11-24(12-18-27)33-38-29-21-28(19-20-30(29)41-33)37-32(40)23-9-15-26(16-10-23)35(4,5)6/h7-21H,1-6H3,(H,36,39)(H,37,40). The van der Waals surface area contributed by atoms with Crippen molar-refractivity contribution in [3.63, 3.8) is 0 Å². The Labute approximate surface area is 240 Å². The molecule has 4 aromatic carbocycles. The third-order valence-corrected chi connectivity index (χ3v) is 7.06. The lowest BCUT2D eigenvalue weighted by Gasteiger charge is -2.19. The molecule has 0 fully saturated rings. The van der Waals surface area contributed by atoms with Crippen LogP contribution in [0.1, 0.15) is 73.4 Å². The molecule has 0 aliphatic rings. The van der Waals surface area contributed by atoms with Crippen LogP contribution in [0.25, 0.3) is 22.6 Å². The summed E-state index contributed by atoms with van der Waals surface area (Å²) in [7, 11) is 0. The molecule has 41 heavy (non-hydrogen) atoms. The molecule has 2 amide bonds. The van der Waals surface area contributed by atoms with Crippen LogP contribution in [-0.4, -0.2) is 16.8 Å². The van der Waals surface area contributed by atoms with Gasteiger partial charge in [0.25, 0.3) is 11.8 Å². The molecule has 0 aliphatic heterocycles. The van der Waals surface area contributed by atoms with Crippen molar-refractivity contribution >= 4 is 34.3 Å². The van der Waals surface area contributed by atoms with Crippen molar-refractivity contribution in [2.75, 3.05) is 10.6 Å². The quantitative estimate of drug-likeness (QED) is 0.232. The average molecular weight is 546 g/mol. The maximum atomic E-state index is 12.8. The van der Waals surface area contributed by atoms with Crippen molar-refractivity contribution in [3.05, 3.63) is 113 Å². The topological polar surface area (TPSA) is 84.2 Å². The van der Waals surface area contributed by atoms with Crippen molar-refractivity contribution in [3.8, 4) is 11.5 Å². The van der Waals surface area contributed by atoms with Crippen molar-refractivity contribution in [2.24, 2.45) is 0 Å². The zero-order chi connectivity index (χ0) is 29.4. The predicted octanol–water partition coefficient (Wildman–Crippen LogP) is 8.59. The van der Waals surface area contributed by atoms with Crippen molar-refractivity contribution in [1.29, 1.82) is 0 Å². The second-order valence-electron chi connectivity index (χ2n) is 12.3. The predicted molar refractivity (Wildman–Crippen MR) is 166 cm³/mol. The molecule has 0 spiro atoms. The third-order valence-electron chi connectivity index (χ3n) is 7.06. The highest BCUT2D eigenvalue weighted by atomic mass is 16.3. The van der Waals surface area contributed by atoms with Gasteiger partial charge < -0.3 is 15.1 Å². The number of amides is 2. The van der Waals surface area contributed by atoms with E-state index in [4.69, 9.17) is 4.42 Å². The fourth-order valence-electron chi connectivity index (χ4n) is 4.47. The van der Waals surface area contributed by atoms with Gasteiger partial charge in [-0.3, -0.25) is 9.59 Å². The molecule has 1 aromatic heterocycles. The van der Waals surface area contributed by atoms with E-state index in [1.807, 2.05) is 72.8 Å². The van der Waals surface area contributed by atoms with E-state index < -0.39 is 0 Å². The van der Waals surface area contributed by atoms with E-state index in [2.05, 4.69) is 57.2 Å². The summed E-state index contributed by atoms with van der Waals surface area (Å²) in [5.74, 6) is 0.105. The maximum absolute atomic E-state index is 12.8. The normalized spacial score (nSPS) is 11.9. The molecule has 0 radical (unpaired) electrons. The lowest BCUT2D eigenvalue weighted by Crippen LogP contribution is -2.14.